The van der Waals surface area contributed by atoms with Crippen molar-refractivity contribution in [2.75, 3.05) is 6.54 Å². The van der Waals surface area contributed by atoms with Crippen molar-refractivity contribution in [3.63, 3.8) is 0 Å². The molecule has 0 radical (unpaired) electrons. The Morgan fingerprint density at radius 3 is 2.67 bits per heavy atom. The first-order chi connectivity index (χ1) is 10.0. The molecule has 1 nitrogen and oxygen atoms in total. The number of benzene rings is 1. The van der Waals surface area contributed by atoms with E-state index < -0.39 is 0 Å². The van der Waals surface area contributed by atoms with Crippen LogP contribution in [0.15, 0.2) is 24.3 Å². The third-order valence-corrected chi connectivity index (χ3v) is 6.20. The molecule has 0 spiro atoms. The highest BCUT2D eigenvalue weighted by atomic mass is 35.5. The van der Waals surface area contributed by atoms with Crippen molar-refractivity contribution in [3.05, 3.63) is 34.9 Å². The van der Waals surface area contributed by atoms with Gasteiger partial charge in [0.2, 0.25) is 0 Å². The van der Waals surface area contributed by atoms with Gasteiger partial charge in [-0.2, -0.15) is 11.8 Å². The van der Waals surface area contributed by atoms with E-state index in [9.17, 15) is 0 Å². The van der Waals surface area contributed by atoms with Gasteiger partial charge in [-0.25, -0.2) is 0 Å². The number of hydrogen-bond donors (Lipinski definition) is 1. The Morgan fingerprint density at radius 1 is 1.29 bits per heavy atom. The Bertz CT molecular complexity index is 429. The Hall–Kier alpha value is -0.180. The molecule has 1 fully saturated rings. The van der Waals surface area contributed by atoms with E-state index in [1.54, 1.807) is 0 Å². The van der Waals surface area contributed by atoms with Crippen molar-refractivity contribution in [1.29, 1.82) is 0 Å². The zero-order valence-electron chi connectivity index (χ0n) is 13.5. The maximum absolute atomic E-state index is 5.96. The fourth-order valence-corrected chi connectivity index (χ4v) is 4.97. The number of thioether (sulfide) groups is 1. The minimum Gasteiger partial charge on any atom is -0.312 e. The summed E-state index contributed by atoms with van der Waals surface area (Å²) in [4.78, 5) is 0. The topological polar surface area (TPSA) is 12.0 Å². The Kier molecular flexibility index (Phi) is 6.46. The molecular weight excluding hydrogens is 298 g/mol. The molecular formula is C18H28ClNS. The maximum atomic E-state index is 5.96. The minimum absolute atomic E-state index is 0.408. The molecule has 3 heteroatoms. The molecule has 2 atom stereocenters. The molecule has 0 saturated heterocycles. The van der Waals surface area contributed by atoms with Crippen LogP contribution >= 0.6 is 23.4 Å². The van der Waals surface area contributed by atoms with Crippen molar-refractivity contribution in [2.24, 2.45) is 5.41 Å². The minimum atomic E-state index is 0.408. The van der Waals surface area contributed by atoms with Crippen LogP contribution in [-0.2, 0) is 5.75 Å². The molecule has 2 rings (SSSR count). The summed E-state index contributed by atoms with van der Waals surface area (Å²) in [5, 5.41) is 5.36. The molecule has 0 amide bonds. The van der Waals surface area contributed by atoms with Crippen LogP contribution in [0.4, 0.5) is 0 Å². The molecule has 21 heavy (non-hydrogen) atoms. The normalized spacial score (nSPS) is 25.0. The summed E-state index contributed by atoms with van der Waals surface area (Å²) < 4.78 is 0. The second kappa shape index (κ2) is 7.89. The van der Waals surface area contributed by atoms with Gasteiger partial charge < -0.3 is 5.32 Å². The van der Waals surface area contributed by atoms with Crippen LogP contribution in [0.3, 0.4) is 0 Å². The van der Waals surface area contributed by atoms with E-state index in [-0.39, 0.29) is 0 Å². The van der Waals surface area contributed by atoms with Gasteiger partial charge in [-0.1, -0.05) is 50.9 Å². The van der Waals surface area contributed by atoms with Gasteiger partial charge in [0.25, 0.3) is 0 Å². The molecule has 1 N–H and O–H groups in total. The summed E-state index contributed by atoms with van der Waals surface area (Å²) in [5.74, 6) is 1.09. The zero-order chi connectivity index (χ0) is 15.3. The van der Waals surface area contributed by atoms with Crippen LogP contribution in [0.5, 0.6) is 0 Å². The van der Waals surface area contributed by atoms with Crippen LogP contribution in [0, 0.1) is 5.41 Å². The van der Waals surface area contributed by atoms with Gasteiger partial charge in [0, 0.05) is 22.1 Å². The highest BCUT2D eigenvalue weighted by Crippen LogP contribution is 2.41. The lowest BCUT2D eigenvalue weighted by Gasteiger charge is -2.44. The standard InChI is InChI=1S/C18H28ClNS/c1-4-12-20-17-16(6-5-11-18(17,2)3)21-13-14-7-9-15(19)10-8-14/h7-10,16-17,20H,4-6,11-13H2,1-3H3. The number of halogens is 1. The molecule has 0 bridgehead atoms. The van der Waals surface area contributed by atoms with Gasteiger partial charge in [-0.15, -0.1) is 0 Å². The molecule has 118 valence electrons. The van der Waals surface area contributed by atoms with Gasteiger partial charge >= 0.3 is 0 Å². The van der Waals surface area contributed by atoms with Crippen LogP contribution in [0.25, 0.3) is 0 Å². The summed E-state index contributed by atoms with van der Waals surface area (Å²) in [6.45, 7) is 8.23. The predicted octanol–water partition coefficient (Wildman–Crippen LogP) is 5.52. The molecule has 1 saturated carbocycles. The first-order valence-corrected chi connectivity index (χ1v) is 9.55. The summed E-state index contributed by atoms with van der Waals surface area (Å²) in [6.07, 6.45) is 5.24. The molecule has 1 aliphatic carbocycles. The lowest BCUT2D eigenvalue weighted by Crippen LogP contribution is -2.51. The van der Waals surface area contributed by atoms with Crippen molar-refractivity contribution in [2.45, 2.75) is 63.5 Å². The third-order valence-electron chi connectivity index (χ3n) is 4.52. The highest BCUT2D eigenvalue weighted by molar-refractivity contribution is 7.99. The van der Waals surface area contributed by atoms with Gasteiger partial charge in [0.05, 0.1) is 0 Å². The summed E-state index contributed by atoms with van der Waals surface area (Å²) in [7, 11) is 0. The van der Waals surface area contributed by atoms with Gasteiger partial charge in [-0.05, 0) is 48.9 Å². The summed E-state index contributed by atoms with van der Waals surface area (Å²) >= 11 is 8.07. The molecule has 1 aliphatic rings. The summed E-state index contributed by atoms with van der Waals surface area (Å²) in [6, 6.07) is 8.92. The van der Waals surface area contributed by atoms with E-state index in [4.69, 9.17) is 11.6 Å². The second-order valence-electron chi connectivity index (χ2n) is 6.79. The first kappa shape index (κ1) is 17.2. The van der Waals surface area contributed by atoms with Crippen molar-refractivity contribution in [1.82, 2.24) is 5.32 Å². The van der Waals surface area contributed by atoms with Gasteiger partial charge in [0.1, 0.15) is 0 Å². The number of rotatable bonds is 6. The molecule has 0 aromatic heterocycles. The van der Waals surface area contributed by atoms with Crippen LogP contribution in [-0.4, -0.2) is 17.8 Å². The second-order valence-corrected chi connectivity index (χ2v) is 8.45. The van der Waals surface area contributed by atoms with E-state index >= 15 is 0 Å². The van der Waals surface area contributed by atoms with E-state index in [1.807, 2.05) is 12.1 Å². The van der Waals surface area contributed by atoms with Crippen LogP contribution < -0.4 is 5.32 Å². The largest absolute Gasteiger partial charge is 0.312 e. The van der Waals surface area contributed by atoms with Crippen LogP contribution in [0.2, 0.25) is 5.02 Å². The molecule has 2 unspecified atom stereocenters. The van der Waals surface area contributed by atoms with Crippen LogP contribution in [0.1, 0.15) is 52.0 Å². The van der Waals surface area contributed by atoms with E-state index in [0.29, 0.717) is 11.5 Å². The van der Waals surface area contributed by atoms with E-state index in [2.05, 4.69) is 50.0 Å². The van der Waals surface area contributed by atoms with E-state index in [0.717, 1.165) is 22.6 Å². The Balaban J connectivity index is 1.96. The monoisotopic (exact) mass is 325 g/mol. The smallest absolute Gasteiger partial charge is 0.0406 e. The van der Waals surface area contributed by atoms with Crippen molar-refractivity contribution < 1.29 is 0 Å². The third kappa shape index (κ3) is 4.91. The molecule has 0 aliphatic heterocycles. The zero-order valence-corrected chi connectivity index (χ0v) is 15.1. The SMILES string of the molecule is CCCNC1C(SCc2ccc(Cl)cc2)CCCC1(C)C. The predicted molar refractivity (Wildman–Crippen MR) is 96.2 cm³/mol. The Labute approximate surface area is 139 Å². The lowest BCUT2D eigenvalue weighted by molar-refractivity contribution is 0.175. The van der Waals surface area contributed by atoms with Crippen molar-refractivity contribution >= 4 is 23.4 Å². The van der Waals surface area contributed by atoms with Gasteiger partial charge in [0.15, 0.2) is 0 Å². The van der Waals surface area contributed by atoms with Crippen molar-refractivity contribution in [3.8, 4) is 0 Å². The average molecular weight is 326 g/mol. The highest BCUT2D eigenvalue weighted by Gasteiger charge is 2.38. The fourth-order valence-electron chi connectivity index (χ4n) is 3.26. The summed E-state index contributed by atoms with van der Waals surface area (Å²) in [5.41, 5.74) is 1.78. The Morgan fingerprint density at radius 2 is 2.00 bits per heavy atom. The molecule has 1 aromatic rings. The fraction of sp³-hybridized carbons (Fsp3) is 0.667. The molecule has 0 heterocycles. The van der Waals surface area contributed by atoms with E-state index in [1.165, 1.54) is 31.2 Å². The first-order valence-electron chi connectivity index (χ1n) is 8.12. The number of hydrogen-bond acceptors (Lipinski definition) is 2. The molecule has 1 aromatic carbocycles. The average Bonchev–Trinajstić information content (AvgIpc) is 2.45. The lowest BCUT2D eigenvalue weighted by atomic mass is 9.73. The number of nitrogens with one attached hydrogen (secondary N) is 1. The quantitative estimate of drug-likeness (QED) is 0.739. The van der Waals surface area contributed by atoms with Gasteiger partial charge in [-0.3, -0.25) is 0 Å². The maximum Gasteiger partial charge on any atom is 0.0406 e.